The average Bonchev–Trinajstić information content (AvgIpc) is 2.52. The minimum Gasteiger partial charge on any atom is -0.376 e. The maximum atomic E-state index is 12.9. The van der Waals surface area contributed by atoms with E-state index in [1.54, 1.807) is 6.92 Å². The van der Waals surface area contributed by atoms with Gasteiger partial charge in [0.1, 0.15) is 6.04 Å². The van der Waals surface area contributed by atoms with Crippen molar-refractivity contribution >= 4 is 11.8 Å². The predicted octanol–water partition coefficient (Wildman–Crippen LogP) is 1.54. The highest BCUT2D eigenvalue weighted by Crippen LogP contribution is 2.34. The monoisotopic (exact) mass is 353 g/mol. The zero-order chi connectivity index (χ0) is 18.4. The normalized spacial score (nSPS) is 21.8. The molecule has 2 N–H and O–H groups in total. The molecule has 2 fully saturated rings. The van der Waals surface area contributed by atoms with Crippen LogP contribution in [0.2, 0.25) is 0 Å². The van der Waals surface area contributed by atoms with E-state index in [0.29, 0.717) is 18.9 Å². The van der Waals surface area contributed by atoms with Crippen LogP contribution in [0.1, 0.15) is 53.4 Å². The van der Waals surface area contributed by atoms with Crippen molar-refractivity contribution in [3.8, 4) is 0 Å². The van der Waals surface area contributed by atoms with Gasteiger partial charge >= 0.3 is 0 Å². The maximum Gasteiger partial charge on any atom is 0.247 e. The predicted molar refractivity (Wildman–Crippen MR) is 98.2 cm³/mol. The zero-order valence-corrected chi connectivity index (χ0v) is 16.3. The number of amides is 2. The molecule has 2 saturated heterocycles. The van der Waals surface area contributed by atoms with Crippen LogP contribution in [-0.2, 0) is 14.3 Å². The summed E-state index contributed by atoms with van der Waals surface area (Å²) < 4.78 is 6.01. The second-order valence-electron chi connectivity index (χ2n) is 7.80. The maximum absolute atomic E-state index is 12.9. The zero-order valence-electron chi connectivity index (χ0n) is 16.3. The van der Waals surface area contributed by atoms with Crippen LogP contribution < -0.4 is 10.6 Å². The highest BCUT2D eigenvalue weighted by Gasteiger charge is 2.50. The second kappa shape index (κ2) is 8.99. The molecule has 2 aliphatic rings. The minimum atomic E-state index is -0.586. The van der Waals surface area contributed by atoms with Crippen molar-refractivity contribution in [3.63, 3.8) is 0 Å². The molecule has 0 aromatic rings. The smallest absolute Gasteiger partial charge is 0.247 e. The molecule has 3 atom stereocenters. The van der Waals surface area contributed by atoms with Crippen LogP contribution in [0, 0.1) is 11.3 Å². The molecule has 2 amide bonds. The first-order valence-corrected chi connectivity index (χ1v) is 9.85. The first-order valence-electron chi connectivity index (χ1n) is 9.85. The van der Waals surface area contributed by atoms with Gasteiger partial charge in [-0.1, -0.05) is 33.6 Å². The molecular weight excluding hydrogens is 318 g/mol. The number of hydrogen-bond donors (Lipinski definition) is 2. The van der Waals surface area contributed by atoms with E-state index in [1.807, 2.05) is 11.8 Å². The summed E-state index contributed by atoms with van der Waals surface area (Å²) in [5.41, 5.74) is 0.285. The molecular formula is C19H35N3O3. The van der Waals surface area contributed by atoms with Gasteiger partial charge < -0.3 is 20.3 Å². The Kier molecular flexibility index (Phi) is 7.25. The van der Waals surface area contributed by atoms with Crippen LogP contribution in [0.3, 0.4) is 0 Å². The second-order valence-corrected chi connectivity index (χ2v) is 7.80. The first-order chi connectivity index (χ1) is 11.9. The summed E-state index contributed by atoms with van der Waals surface area (Å²) in [6, 6.07) is -0.586. The number of carbonyl (C=O) groups excluding carboxylic acids is 2. The molecule has 0 radical (unpaired) electrons. The SMILES string of the molecule is CCCC(CC)COC(C)C(NC(=O)CC)C(=O)N1CC2(CNC2)C1. The van der Waals surface area contributed by atoms with Crippen molar-refractivity contribution in [2.45, 2.75) is 65.5 Å². The van der Waals surface area contributed by atoms with Gasteiger partial charge in [-0.05, 0) is 19.3 Å². The lowest BCUT2D eigenvalue weighted by Crippen LogP contribution is -2.73. The van der Waals surface area contributed by atoms with Crippen molar-refractivity contribution in [3.05, 3.63) is 0 Å². The fourth-order valence-electron chi connectivity index (χ4n) is 3.67. The Bertz CT molecular complexity index is 457. The Morgan fingerprint density at radius 1 is 1.24 bits per heavy atom. The molecule has 0 bridgehead atoms. The van der Waals surface area contributed by atoms with Crippen LogP contribution in [-0.4, -0.2) is 61.6 Å². The van der Waals surface area contributed by atoms with Crippen molar-refractivity contribution < 1.29 is 14.3 Å². The number of nitrogens with zero attached hydrogens (tertiary/aromatic N) is 1. The Labute approximate surface area is 152 Å². The van der Waals surface area contributed by atoms with Gasteiger partial charge in [-0.25, -0.2) is 0 Å². The highest BCUT2D eigenvalue weighted by molar-refractivity contribution is 5.88. The lowest BCUT2D eigenvalue weighted by atomic mass is 9.74. The summed E-state index contributed by atoms with van der Waals surface area (Å²) in [5.74, 6) is 0.406. The quantitative estimate of drug-likeness (QED) is 0.625. The van der Waals surface area contributed by atoms with Crippen LogP contribution in [0.25, 0.3) is 0 Å². The molecule has 2 rings (SSSR count). The fourth-order valence-corrected chi connectivity index (χ4v) is 3.67. The number of nitrogens with one attached hydrogen (secondary N) is 2. The van der Waals surface area contributed by atoms with E-state index in [4.69, 9.17) is 4.74 Å². The van der Waals surface area contributed by atoms with Crippen molar-refractivity contribution in [1.82, 2.24) is 15.5 Å². The van der Waals surface area contributed by atoms with Gasteiger partial charge in [0.15, 0.2) is 0 Å². The topological polar surface area (TPSA) is 70.7 Å². The molecule has 2 heterocycles. The molecule has 2 aliphatic heterocycles. The van der Waals surface area contributed by atoms with Crippen LogP contribution >= 0.6 is 0 Å². The third-order valence-corrected chi connectivity index (χ3v) is 5.61. The van der Waals surface area contributed by atoms with Gasteiger partial charge in [0.25, 0.3) is 0 Å². The van der Waals surface area contributed by atoms with E-state index in [9.17, 15) is 9.59 Å². The van der Waals surface area contributed by atoms with E-state index in [-0.39, 0.29) is 23.3 Å². The van der Waals surface area contributed by atoms with E-state index >= 15 is 0 Å². The molecule has 0 saturated carbocycles. The largest absolute Gasteiger partial charge is 0.376 e. The number of rotatable bonds is 10. The van der Waals surface area contributed by atoms with Gasteiger partial charge in [-0.2, -0.15) is 0 Å². The van der Waals surface area contributed by atoms with E-state index in [2.05, 4.69) is 24.5 Å². The Morgan fingerprint density at radius 2 is 1.92 bits per heavy atom. The number of ether oxygens (including phenoxy) is 1. The Hall–Kier alpha value is -1.14. The molecule has 0 aromatic carbocycles. The molecule has 3 unspecified atom stereocenters. The fraction of sp³-hybridized carbons (Fsp3) is 0.895. The lowest BCUT2D eigenvalue weighted by molar-refractivity contribution is -0.154. The molecule has 1 spiro atoms. The first kappa shape index (κ1) is 20.2. The third-order valence-electron chi connectivity index (χ3n) is 5.61. The minimum absolute atomic E-state index is 0.00429. The van der Waals surface area contributed by atoms with Crippen molar-refractivity contribution in [2.24, 2.45) is 11.3 Å². The summed E-state index contributed by atoms with van der Waals surface area (Å²) in [4.78, 5) is 26.7. The number of hydrogen-bond acceptors (Lipinski definition) is 4. The van der Waals surface area contributed by atoms with E-state index in [1.165, 1.54) is 0 Å². The number of carbonyl (C=O) groups is 2. The lowest BCUT2D eigenvalue weighted by Gasteiger charge is -2.56. The summed E-state index contributed by atoms with van der Waals surface area (Å²) in [7, 11) is 0. The van der Waals surface area contributed by atoms with Crippen molar-refractivity contribution in [1.29, 1.82) is 0 Å². The van der Waals surface area contributed by atoms with Gasteiger partial charge in [-0.3, -0.25) is 9.59 Å². The van der Waals surface area contributed by atoms with Gasteiger partial charge in [0.05, 0.1) is 6.10 Å². The van der Waals surface area contributed by atoms with Crippen LogP contribution in [0.4, 0.5) is 0 Å². The molecule has 6 heteroatoms. The molecule has 25 heavy (non-hydrogen) atoms. The standard InChI is InChI=1S/C19H35N3O3/c1-5-8-15(6-2)9-25-14(4)17(21-16(23)7-3)18(24)22-12-19(13-22)10-20-11-19/h14-15,17,20H,5-13H2,1-4H3,(H,21,23). The Balaban J connectivity index is 1.91. The summed E-state index contributed by atoms with van der Waals surface area (Å²) >= 11 is 0. The van der Waals surface area contributed by atoms with Crippen LogP contribution in [0.15, 0.2) is 0 Å². The summed E-state index contributed by atoms with van der Waals surface area (Å²) in [6.45, 7) is 12.2. The van der Waals surface area contributed by atoms with Gasteiger partial charge in [0.2, 0.25) is 11.8 Å². The summed E-state index contributed by atoms with van der Waals surface area (Å²) in [5, 5.41) is 6.16. The van der Waals surface area contributed by atoms with Gasteiger partial charge in [-0.15, -0.1) is 0 Å². The van der Waals surface area contributed by atoms with Gasteiger partial charge in [0, 0.05) is 44.6 Å². The number of likely N-dealkylation sites (tertiary alicyclic amines) is 1. The molecule has 6 nitrogen and oxygen atoms in total. The van der Waals surface area contributed by atoms with Crippen LogP contribution in [0.5, 0.6) is 0 Å². The van der Waals surface area contributed by atoms with E-state index < -0.39 is 6.04 Å². The average molecular weight is 354 g/mol. The molecule has 144 valence electrons. The Morgan fingerprint density at radius 3 is 2.40 bits per heavy atom. The third kappa shape index (κ3) is 4.94. The molecule has 0 aliphatic carbocycles. The highest BCUT2D eigenvalue weighted by atomic mass is 16.5. The van der Waals surface area contributed by atoms with E-state index in [0.717, 1.165) is 45.4 Å². The molecule has 0 aromatic heterocycles. The van der Waals surface area contributed by atoms with Crippen molar-refractivity contribution in [2.75, 3.05) is 32.8 Å². The summed E-state index contributed by atoms with van der Waals surface area (Å²) in [6.07, 6.45) is 3.39.